The molecule has 4 heteroatoms. The maximum absolute atomic E-state index is 13.5. The number of fused-ring (bicyclic) bond motifs is 1. The Bertz CT molecular complexity index is 657. The van der Waals surface area contributed by atoms with E-state index in [0.29, 0.717) is 32.7 Å². The Labute approximate surface area is 110 Å². The van der Waals surface area contributed by atoms with Crippen LogP contribution in [0.4, 0.5) is 10.2 Å². The van der Waals surface area contributed by atoms with E-state index < -0.39 is 0 Å². The molecule has 2 rings (SSSR count). The topological polar surface area (TPSA) is 37.4 Å². The first-order valence-electron chi connectivity index (χ1n) is 5.90. The molecule has 3 nitrogen and oxygen atoms in total. The van der Waals surface area contributed by atoms with Gasteiger partial charge in [0.25, 0.3) is 0 Å². The summed E-state index contributed by atoms with van der Waals surface area (Å²) < 4.78 is 13.5. The zero-order valence-electron chi connectivity index (χ0n) is 11.0. The highest BCUT2D eigenvalue weighted by atomic mass is 19.2. The first-order chi connectivity index (χ1) is 8.93. The summed E-state index contributed by atoms with van der Waals surface area (Å²) in [5, 5.41) is 1.56. The number of Topliss-reactive ketones (excluding diaryl/α,β-unsaturated/α-hetero) is 2. The Kier molecular flexibility index (Phi) is 3.34. The number of benzene rings is 2. The van der Waals surface area contributed by atoms with Gasteiger partial charge in [0.05, 0.1) is 5.69 Å². The Morgan fingerprint density at radius 3 is 2.11 bits per heavy atom. The summed E-state index contributed by atoms with van der Waals surface area (Å²) in [6.07, 6.45) is 0. The molecular formula is C15H14FNO2. The molecule has 0 spiro atoms. The summed E-state index contributed by atoms with van der Waals surface area (Å²) in [4.78, 5) is 23.4. The number of hydrogen-bond donors (Lipinski definition) is 0. The van der Waals surface area contributed by atoms with Crippen molar-refractivity contribution in [2.24, 2.45) is 0 Å². The van der Waals surface area contributed by atoms with Crippen LogP contribution in [0.25, 0.3) is 10.8 Å². The average Bonchev–Trinajstić information content (AvgIpc) is 2.35. The maximum atomic E-state index is 13.5. The summed E-state index contributed by atoms with van der Waals surface area (Å²) >= 11 is 0. The molecule has 0 aromatic heterocycles. The molecule has 0 saturated carbocycles. The summed E-state index contributed by atoms with van der Waals surface area (Å²) in [5.74, 6) is -0.293. The number of carbonyl (C=O) groups excluding carboxylic acids is 2. The minimum Gasteiger partial charge on any atom is -0.294 e. The number of ketones is 2. The van der Waals surface area contributed by atoms with Gasteiger partial charge >= 0.3 is 0 Å². The van der Waals surface area contributed by atoms with Gasteiger partial charge in [-0.1, -0.05) is 18.2 Å². The Morgan fingerprint density at radius 1 is 1.00 bits per heavy atom. The van der Waals surface area contributed by atoms with Gasteiger partial charge < -0.3 is 0 Å². The van der Waals surface area contributed by atoms with Gasteiger partial charge in [0, 0.05) is 28.9 Å². The zero-order valence-corrected chi connectivity index (χ0v) is 11.0. The second-order valence-corrected chi connectivity index (χ2v) is 4.45. The van der Waals surface area contributed by atoms with Crippen LogP contribution in [0.1, 0.15) is 34.6 Å². The zero-order chi connectivity index (χ0) is 14.2. The van der Waals surface area contributed by atoms with E-state index in [4.69, 9.17) is 0 Å². The lowest BCUT2D eigenvalue weighted by atomic mass is 9.94. The fourth-order valence-electron chi connectivity index (χ4n) is 2.25. The van der Waals surface area contributed by atoms with Crippen LogP contribution in [-0.4, -0.2) is 18.6 Å². The lowest BCUT2D eigenvalue weighted by Crippen LogP contribution is -2.07. The number of rotatable bonds is 3. The van der Waals surface area contributed by atoms with Crippen LogP contribution < -0.4 is 5.12 Å². The van der Waals surface area contributed by atoms with Crippen molar-refractivity contribution in [1.29, 1.82) is 0 Å². The van der Waals surface area contributed by atoms with E-state index in [1.807, 2.05) is 0 Å². The Morgan fingerprint density at radius 2 is 1.58 bits per heavy atom. The van der Waals surface area contributed by atoms with Crippen LogP contribution in [-0.2, 0) is 0 Å². The van der Waals surface area contributed by atoms with Gasteiger partial charge in [-0.05, 0) is 26.0 Å². The number of carbonyl (C=O) groups is 2. The van der Waals surface area contributed by atoms with Gasteiger partial charge in [0.1, 0.15) is 0 Å². The van der Waals surface area contributed by atoms with Crippen LogP contribution in [0.5, 0.6) is 0 Å². The van der Waals surface area contributed by atoms with E-state index in [-0.39, 0.29) is 11.6 Å². The van der Waals surface area contributed by atoms with Crippen molar-refractivity contribution in [2.75, 3.05) is 12.2 Å². The third-order valence-electron chi connectivity index (χ3n) is 3.11. The fraction of sp³-hybridized carbons (Fsp3) is 0.200. The maximum Gasteiger partial charge on any atom is 0.160 e. The van der Waals surface area contributed by atoms with Gasteiger partial charge in [-0.2, -0.15) is 0 Å². The molecule has 0 N–H and O–H groups in total. The Hall–Kier alpha value is -2.23. The number of anilines is 1. The van der Waals surface area contributed by atoms with E-state index >= 15 is 0 Å². The lowest BCUT2D eigenvalue weighted by molar-refractivity contribution is 0.101. The molecule has 0 aliphatic rings. The summed E-state index contributed by atoms with van der Waals surface area (Å²) in [6, 6.07) is 8.15. The van der Waals surface area contributed by atoms with Crippen molar-refractivity contribution in [2.45, 2.75) is 13.8 Å². The van der Waals surface area contributed by atoms with Gasteiger partial charge in [-0.25, -0.2) is 5.12 Å². The van der Waals surface area contributed by atoms with E-state index in [1.165, 1.54) is 20.9 Å². The monoisotopic (exact) mass is 259 g/mol. The van der Waals surface area contributed by atoms with Crippen molar-refractivity contribution in [3.8, 4) is 0 Å². The summed E-state index contributed by atoms with van der Waals surface area (Å²) in [5.41, 5.74) is 1.21. The van der Waals surface area contributed by atoms with E-state index in [0.717, 1.165) is 0 Å². The van der Waals surface area contributed by atoms with Crippen LogP contribution in [0, 0.1) is 0 Å². The molecule has 0 aliphatic heterocycles. The summed E-state index contributed by atoms with van der Waals surface area (Å²) in [6.45, 7) is 2.87. The third kappa shape index (κ3) is 2.21. The highest BCUT2D eigenvalue weighted by molar-refractivity contribution is 6.18. The third-order valence-corrected chi connectivity index (χ3v) is 3.11. The first-order valence-corrected chi connectivity index (χ1v) is 5.90. The molecule has 0 bridgehead atoms. The molecule has 0 radical (unpaired) electrons. The fourth-order valence-corrected chi connectivity index (χ4v) is 2.25. The molecule has 98 valence electrons. The minimum atomic E-state index is -0.147. The smallest absolute Gasteiger partial charge is 0.160 e. The van der Waals surface area contributed by atoms with E-state index in [2.05, 4.69) is 0 Å². The first kappa shape index (κ1) is 13.2. The molecule has 0 aliphatic carbocycles. The van der Waals surface area contributed by atoms with Crippen LogP contribution >= 0.6 is 0 Å². The van der Waals surface area contributed by atoms with Gasteiger partial charge in [-0.15, -0.1) is 4.48 Å². The average molecular weight is 259 g/mol. The lowest BCUT2D eigenvalue weighted by Gasteiger charge is -2.15. The molecule has 19 heavy (non-hydrogen) atoms. The van der Waals surface area contributed by atoms with Crippen molar-refractivity contribution in [1.82, 2.24) is 0 Å². The predicted octanol–water partition coefficient (Wildman–Crippen LogP) is 3.57. The van der Waals surface area contributed by atoms with Crippen molar-refractivity contribution >= 4 is 28.0 Å². The van der Waals surface area contributed by atoms with Gasteiger partial charge in [0.15, 0.2) is 11.6 Å². The normalized spacial score (nSPS) is 10.5. The predicted molar refractivity (Wildman–Crippen MR) is 73.5 cm³/mol. The van der Waals surface area contributed by atoms with Gasteiger partial charge in [0.2, 0.25) is 0 Å². The highest BCUT2D eigenvalue weighted by Gasteiger charge is 2.16. The number of hydrogen-bond acceptors (Lipinski definition) is 3. The number of nitrogens with zero attached hydrogens (tertiary/aromatic N) is 1. The van der Waals surface area contributed by atoms with Crippen molar-refractivity contribution in [3.05, 3.63) is 41.5 Å². The number of halogens is 1. The van der Waals surface area contributed by atoms with Crippen LogP contribution in [0.2, 0.25) is 0 Å². The van der Waals surface area contributed by atoms with E-state index in [9.17, 15) is 14.1 Å². The quantitative estimate of drug-likeness (QED) is 0.624. The molecule has 2 aromatic rings. The van der Waals surface area contributed by atoms with Crippen LogP contribution in [0.15, 0.2) is 30.3 Å². The SMILES string of the molecule is CC(=O)c1cccc2c(N(C)F)ccc(C(C)=O)c12. The molecular weight excluding hydrogens is 245 g/mol. The molecule has 2 aromatic carbocycles. The Balaban J connectivity index is 2.97. The molecule has 0 amide bonds. The molecule has 0 atom stereocenters. The van der Waals surface area contributed by atoms with Crippen molar-refractivity contribution < 1.29 is 14.1 Å². The van der Waals surface area contributed by atoms with Crippen molar-refractivity contribution in [3.63, 3.8) is 0 Å². The standard InChI is InChI=1S/C15H14FNO2/c1-9(18)11-5-4-6-13-14(17(3)16)8-7-12(10(2)19)15(11)13/h4-8H,1-3H3. The molecule has 0 heterocycles. The van der Waals surface area contributed by atoms with E-state index in [1.54, 1.807) is 30.3 Å². The molecule has 0 fully saturated rings. The van der Waals surface area contributed by atoms with Gasteiger partial charge in [-0.3, -0.25) is 9.59 Å². The summed E-state index contributed by atoms with van der Waals surface area (Å²) in [7, 11) is 1.28. The second-order valence-electron chi connectivity index (χ2n) is 4.45. The largest absolute Gasteiger partial charge is 0.294 e. The molecule has 0 unspecified atom stereocenters. The minimum absolute atomic E-state index is 0.147. The molecule has 0 saturated heterocycles. The highest BCUT2D eigenvalue weighted by Crippen LogP contribution is 2.32. The second kappa shape index (κ2) is 4.80. The van der Waals surface area contributed by atoms with Crippen LogP contribution in [0.3, 0.4) is 0 Å².